The van der Waals surface area contributed by atoms with E-state index < -0.39 is 0 Å². The van der Waals surface area contributed by atoms with E-state index in [0.29, 0.717) is 17.5 Å². The van der Waals surface area contributed by atoms with Crippen molar-refractivity contribution in [2.45, 2.75) is 0 Å². The van der Waals surface area contributed by atoms with Crippen LogP contribution in [-0.2, 0) is 0 Å². The van der Waals surface area contributed by atoms with Crippen molar-refractivity contribution in [1.29, 1.82) is 0 Å². The van der Waals surface area contributed by atoms with Crippen LogP contribution in [0.15, 0.2) is 152 Å². The van der Waals surface area contributed by atoms with Crippen LogP contribution in [0.3, 0.4) is 0 Å². The van der Waals surface area contributed by atoms with Crippen molar-refractivity contribution in [3.8, 4) is 45.3 Å². The molecule has 0 bridgehead atoms. The molecular formula is C39H25N3. The van der Waals surface area contributed by atoms with Gasteiger partial charge in [-0.2, -0.15) is 0 Å². The molecule has 0 aliphatic heterocycles. The molecule has 0 saturated carbocycles. The van der Waals surface area contributed by atoms with Crippen LogP contribution >= 0.6 is 0 Å². The average molecular weight is 536 g/mol. The standard InChI is InChI=1S/C39H25N3/c1-2-13-28(14-3-1)37-40-38(35-21-9-16-27-12-5-7-19-32(27)35)42-39(41-37)36-22-10-17-29-25-30(23-24-34(29)36)33-20-8-15-26-11-4-6-18-31(26)33/h1-25H. The first kappa shape index (κ1) is 24.2. The first-order chi connectivity index (χ1) is 20.8. The van der Waals surface area contributed by atoms with E-state index in [0.717, 1.165) is 38.2 Å². The molecule has 7 aromatic carbocycles. The van der Waals surface area contributed by atoms with Crippen LogP contribution in [0.25, 0.3) is 77.6 Å². The minimum Gasteiger partial charge on any atom is -0.208 e. The van der Waals surface area contributed by atoms with Gasteiger partial charge in [-0.25, -0.2) is 15.0 Å². The van der Waals surface area contributed by atoms with Gasteiger partial charge in [-0.3, -0.25) is 0 Å². The molecule has 0 radical (unpaired) electrons. The Labute approximate surface area is 243 Å². The lowest BCUT2D eigenvalue weighted by Gasteiger charge is -2.13. The van der Waals surface area contributed by atoms with Crippen molar-refractivity contribution < 1.29 is 0 Å². The summed E-state index contributed by atoms with van der Waals surface area (Å²) in [5.74, 6) is 1.99. The Balaban J connectivity index is 1.33. The molecule has 0 unspecified atom stereocenters. The zero-order valence-electron chi connectivity index (χ0n) is 22.8. The summed E-state index contributed by atoms with van der Waals surface area (Å²) in [6, 6.07) is 52.9. The van der Waals surface area contributed by atoms with Gasteiger partial charge in [-0.05, 0) is 49.5 Å². The quantitative estimate of drug-likeness (QED) is 0.225. The number of fused-ring (bicyclic) bond motifs is 3. The number of aromatic nitrogens is 3. The van der Waals surface area contributed by atoms with Crippen LogP contribution in [0.1, 0.15) is 0 Å². The van der Waals surface area contributed by atoms with Crippen LogP contribution in [-0.4, -0.2) is 15.0 Å². The highest BCUT2D eigenvalue weighted by atomic mass is 15.0. The molecule has 8 rings (SSSR count). The van der Waals surface area contributed by atoms with E-state index >= 15 is 0 Å². The highest BCUT2D eigenvalue weighted by Gasteiger charge is 2.16. The molecule has 0 N–H and O–H groups in total. The molecule has 196 valence electrons. The van der Waals surface area contributed by atoms with Crippen LogP contribution in [0, 0.1) is 0 Å². The minimum absolute atomic E-state index is 0.660. The normalized spacial score (nSPS) is 11.3. The predicted octanol–water partition coefficient (Wildman–Crippen LogP) is 10.00. The van der Waals surface area contributed by atoms with Gasteiger partial charge < -0.3 is 0 Å². The Bertz CT molecular complexity index is 2240. The summed E-state index contributed by atoms with van der Waals surface area (Å²) in [5, 5.41) is 7.02. The topological polar surface area (TPSA) is 38.7 Å². The summed E-state index contributed by atoms with van der Waals surface area (Å²) >= 11 is 0. The largest absolute Gasteiger partial charge is 0.208 e. The molecule has 3 heteroatoms. The van der Waals surface area contributed by atoms with Crippen LogP contribution < -0.4 is 0 Å². The lowest BCUT2D eigenvalue weighted by Crippen LogP contribution is -2.01. The summed E-state index contributed by atoms with van der Waals surface area (Å²) in [6.45, 7) is 0. The maximum atomic E-state index is 5.10. The van der Waals surface area contributed by atoms with E-state index in [1.807, 2.05) is 30.3 Å². The zero-order chi connectivity index (χ0) is 27.9. The Morgan fingerprint density at radius 3 is 1.43 bits per heavy atom. The van der Waals surface area contributed by atoms with Crippen molar-refractivity contribution in [1.82, 2.24) is 15.0 Å². The number of hydrogen-bond donors (Lipinski definition) is 0. The highest BCUT2D eigenvalue weighted by Crippen LogP contribution is 2.35. The highest BCUT2D eigenvalue weighted by molar-refractivity contribution is 6.02. The molecule has 8 aromatic rings. The first-order valence-electron chi connectivity index (χ1n) is 14.1. The smallest absolute Gasteiger partial charge is 0.164 e. The second-order valence-corrected chi connectivity index (χ2v) is 10.5. The monoisotopic (exact) mass is 535 g/mol. The molecule has 1 heterocycles. The Hall–Kier alpha value is -5.67. The van der Waals surface area contributed by atoms with Crippen molar-refractivity contribution in [3.63, 3.8) is 0 Å². The molecule has 1 aromatic heterocycles. The fourth-order valence-electron chi connectivity index (χ4n) is 5.88. The van der Waals surface area contributed by atoms with Gasteiger partial charge >= 0.3 is 0 Å². The second kappa shape index (κ2) is 10.1. The summed E-state index contributed by atoms with van der Waals surface area (Å²) in [5.41, 5.74) is 5.35. The fraction of sp³-hybridized carbons (Fsp3) is 0. The van der Waals surface area contributed by atoms with Gasteiger partial charge in [0, 0.05) is 16.7 Å². The molecule has 42 heavy (non-hydrogen) atoms. The lowest BCUT2D eigenvalue weighted by atomic mass is 9.95. The van der Waals surface area contributed by atoms with E-state index in [9.17, 15) is 0 Å². The Kier molecular flexibility index (Phi) is 5.79. The van der Waals surface area contributed by atoms with E-state index in [2.05, 4.69) is 121 Å². The Morgan fingerprint density at radius 2 is 0.762 bits per heavy atom. The lowest BCUT2D eigenvalue weighted by molar-refractivity contribution is 1.08. The average Bonchev–Trinajstić information content (AvgIpc) is 3.07. The third-order valence-electron chi connectivity index (χ3n) is 7.92. The molecule has 0 spiro atoms. The van der Waals surface area contributed by atoms with Crippen molar-refractivity contribution in [2.75, 3.05) is 0 Å². The predicted molar refractivity (Wildman–Crippen MR) is 174 cm³/mol. The van der Waals surface area contributed by atoms with Gasteiger partial charge in [-0.1, -0.05) is 146 Å². The van der Waals surface area contributed by atoms with Gasteiger partial charge in [0.15, 0.2) is 17.5 Å². The Morgan fingerprint density at radius 1 is 0.286 bits per heavy atom. The zero-order valence-corrected chi connectivity index (χ0v) is 22.8. The van der Waals surface area contributed by atoms with Gasteiger partial charge in [0.1, 0.15) is 0 Å². The molecular weight excluding hydrogens is 510 g/mol. The molecule has 3 nitrogen and oxygen atoms in total. The summed E-state index contributed by atoms with van der Waals surface area (Å²) in [4.78, 5) is 15.1. The molecule has 0 fully saturated rings. The molecule has 0 amide bonds. The maximum Gasteiger partial charge on any atom is 0.164 e. The van der Waals surface area contributed by atoms with Gasteiger partial charge in [0.2, 0.25) is 0 Å². The second-order valence-electron chi connectivity index (χ2n) is 10.5. The van der Waals surface area contributed by atoms with Gasteiger partial charge in [0.05, 0.1) is 0 Å². The van der Waals surface area contributed by atoms with Crippen LogP contribution in [0.2, 0.25) is 0 Å². The third kappa shape index (κ3) is 4.20. The number of rotatable bonds is 4. The maximum absolute atomic E-state index is 5.10. The SMILES string of the molecule is c1ccc(-c2nc(-c3cccc4ccccc34)nc(-c3cccc4cc(-c5cccc6ccccc56)ccc34)n2)cc1. The summed E-state index contributed by atoms with van der Waals surface area (Å²) in [6.07, 6.45) is 0. The van der Waals surface area contributed by atoms with E-state index in [1.165, 1.54) is 21.9 Å². The van der Waals surface area contributed by atoms with Crippen LogP contribution in [0.5, 0.6) is 0 Å². The van der Waals surface area contributed by atoms with Gasteiger partial charge in [-0.15, -0.1) is 0 Å². The number of nitrogens with zero attached hydrogens (tertiary/aromatic N) is 3. The number of hydrogen-bond acceptors (Lipinski definition) is 3. The number of benzene rings is 7. The van der Waals surface area contributed by atoms with E-state index in [-0.39, 0.29) is 0 Å². The summed E-state index contributed by atoms with van der Waals surface area (Å²) < 4.78 is 0. The molecule has 0 atom stereocenters. The van der Waals surface area contributed by atoms with E-state index in [1.54, 1.807) is 0 Å². The van der Waals surface area contributed by atoms with Gasteiger partial charge in [0.25, 0.3) is 0 Å². The van der Waals surface area contributed by atoms with Crippen molar-refractivity contribution in [2.24, 2.45) is 0 Å². The molecule has 0 saturated heterocycles. The third-order valence-corrected chi connectivity index (χ3v) is 7.92. The fourth-order valence-corrected chi connectivity index (χ4v) is 5.88. The van der Waals surface area contributed by atoms with Crippen LogP contribution in [0.4, 0.5) is 0 Å². The van der Waals surface area contributed by atoms with Crippen molar-refractivity contribution in [3.05, 3.63) is 152 Å². The van der Waals surface area contributed by atoms with E-state index in [4.69, 9.17) is 15.0 Å². The molecule has 0 aliphatic rings. The molecule has 0 aliphatic carbocycles. The first-order valence-corrected chi connectivity index (χ1v) is 14.1. The summed E-state index contributed by atoms with van der Waals surface area (Å²) in [7, 11) is 0. The minimum atomic E-state index is 0.660. The van der Waals surface area contributed by atoms with Crippen molar-refractivity contribution >= 4 is 32.3 Å².